The van der Waals surface area contributed by atoms with E-state index in [1.54, 1.807) is 24.4 Å². The molecule has 1 aliphatic heterocycles. The Bertz CT molecular complexity index is 2090. The third-order valence-electron chi connectivity index (χ3n) is 8.98. The minimum atomic E-state index is -1.19. The fraction of sp³-hybridized carbons (Fsp3) is 0.316. The number of pyridine rings is 1. The number of aromatic nitrogens is 3. The zero-order valence-corrected chi connectivity index (χ0v) is 30.6. The van der Waals surface area contributed by atoms with Gasteiger partial charge in [-0.15, -0.1) is 0 Å². The third-order valence-corrected chi connectivity index (χ3v) is 10.2. The smallest absolute Gasteiger partial charge is 0.323 e. The first-order valence-corrected chi connectivity index (χ1v) is 18.0. The number of likely N-dealkylation sites (tertiary alicyclic amines) is 1. The van der Waals surface area contributed by atoms with Crippen LogP contribution >= 0.6 is 27.5 Å². The van der Waals surface area contributed by atoms with Crippen molar-refractivity contribution >= 4 is 44.4 Å². The molecule has 2 aromatic heterocycles. The van der Waals surface area contributed by atoms with Crippen molar-refractivity contribution in [3.8, 4) is 28.7 Å². The van der Waals surface area contributed by atoms with Crippen molar-refractivity contribution in [3.63, 3.8) is 0 Å². The summed E-state index contributed by atoms with van der Waals surface area (Å²) in [5, 5.41) is 46.8. The molecular weight excluding hydrogens is 752 g/mol. The fourth-order valence-corrected chi connectivity index (χ4v) is 7.07. The van der Waals surface area contributed by atoms with Crippen LogP contribution in [0.1, 0.15) is 35.1 Å². The third kappa shape index (κ3) is 8.90. The molecule has 1 fully saturated rings. The minimum absolute atomic E-state index is 0.0433. The summed E-state index contributed by atoms with van der Waals surface area (Å²) in [6.45, 7) is 3.07. The molecule has 2 atom stereocenters. The zero-order chi connectivity index (χ0) is 36.6. The number of benzene rings is 3. The highest BCUT2D eigenvalue weighted by Gasteiger charge is 2.21. The van der Waals surface area contributed by atoms with Gasteiger partial charge in [-0.1, -0.05) is 41.9 Å². The molecule has 0 aliphatic carbocycles. The van der Waals surface area contributed by atoms with Crippen molar-refractivity contribution < 1.29 is 29.6 Å². The van der Waals surface area contributed by atoms with E-state index in [1.165, 1.54) is 6.20 Å². The monoisotopic (exact) mass is 788 g/mol. The maximum absolute atomic E-state index is 11.5. The minimum Gasteiger partial charge on any atom is -0.488 e. The van der Waals surface area contributed by atoms with Crippen molar-refractivity contribution in [2.45, 2.75) is 51.3 Å². The van der Waals surface area contributed by atoms with Crippen LogP contribution in [-0.4, -0.2) is 79.3 Å². The number of aliphatic carboxylic acids is 1. The van der Waals surface area contributed by atoms with Gasteiger partial charge in [0.1, 0.15) is 36.8 Å². The van der Waals surface area contributed by atoms with Gasteiger partial charge >= 0.3 is 5.97 Å². The lowest BCUT2D eigenvalue weighted by Crippen LogP contribution is -2.39. The molecule has 4 N–H and O–H groups in total. The summed E-state index contributed by atoms with van der Waals surface area (Å²) in [7, 11) is 0. The lowest BCUT2D eigenvalue weighted by molar-refractivity contribution is -0.140. The number of aliphatic hydroxyl groups excluding tert-OH is 2. The second-order valence-electron chi connectivity index (χ2n) is 12.6. The summed E-state index contributed by atoms with van der Waals surface area (Å²) >= 11 is 10.5. The van der Waals surface area contributed by atoms with Gasteiger partial charge in [-0.05, 0) is 58.1 Å². The van der Waals surface area contributed by atoms with Gasteiger partial charge < -0.3 is 29.7 Å². The molecule has 0 spiro atoms. The number of aryl methyl sites for hydroxylation is 1. The van der Waals surface area contributed by atoms with E-state index in [2.05, 4.69) is 49.3 Å². The SMILES string of the molecule is N#Cc1cncc(COc2cc(OCc3cccc(-c4cccc5c4cnn5CCCN4CC[C@@H](O)C4)c3Br)c(Cl)cc2CN[C@@H](CO)C(=O)O)c1. The topological polar surface area (TPSA) is 166 Å². The second kappa shape index (κ2) is 17.3. The molecule has 14 heteroatoms. The average Bonchev–Trinajstić information content (AvgIpc) is 3.77. The number of carbonyl (C=O) groups is 1. The maximum atomic E-state index is 11.5. The van der Waals surface area contributed by atoms with Crippen LogP contribution < -0.4 is 14.8 Å². The van der Waals surface area contributed by atoms with E-state index < -0.39 is 18.6 Å². The molecule has 12 nitrogen and oxygen atoms in total. The van der Waals surface area contributed by atoms with Gasteiger partial charge in [-0.3, -0.25) is 19.8 Å². The van der Waals surface area contributed by atoms with Gasteiger partial charge in [0.2, 0.25) is 0 Å². The molecule has 0 saturated carbocycles. The number of hydrogen-bond donors (Lipinski definition) is 4. The number of ether oxygens (including phenoxy) is 2. The van der Waals surface area contributed by atoms with Crippen LogP contribution in [0, 0.1) is 11.3 Å². The van der Waals surface area contributed by atoms with Crippen LogP contribution in [0.4, 0.5) is 0 Å². The molecule has 0 amide bonds. The number of carboxylic acid groups (broad SMARTS) is 1. The number of fused-ring (bicyclic) bond motifs is 1. The molecule has 6 rings (SSSR count). The number of halogens is 2. The highest BCUT2D eigenvalue weighted by Crippen LogP contribution is 2.38. The first-order chi connectivity index (χ1) is 25.2. The Balaban J connectivity index is 1.20. The van der Waals surface area contributed by atoms with Crippen LogP contribution in [-0.2, 0) is 31.1 Å². The summed E-state index contributed by atoms with van der Waals surface area (Å²) in [6.07, 6.45) is 6.51. The van der Waals surface area contributed by atoms with Gasteiger partial charge in [0.25, 0.3) is 0 Å². The number of nitrogens with one attached hydrogen (secondary N) is 1. The van der Waals surface area contributed by atoms with Gasteiger partial charge in [0.05, 0.1) is 35.0 Å². The maximum Gasteiger partial charge on any atom is 0.323 e. The van der Waals surface area contributed by atoms with Crippen molar-refractivity contribution in [2.75, 3.05) is 26.2 Å². The van der Waals surface area contributed by atoms with E-state index in [0.717, 1.165) is 71.1 Å². The molecule has 270 valence electrons. The van der Waals surface area contributed by atoms with Gasteiger partial charge in [0.15, 0.2) is 0 Å². The quantitative estimate of drug-likeness (QED) is 0.0993. The van der Waals surface area contributed by atoms with E-state index in [-0.39, 0.29) is 25.9 Å². The molecule has 1 saturated heterocycles. The molecule has 0 unspecified atom stereocenters. The molecule has 3 aromatic carbocycles. The molecule has 3 heterocycles. The van der Waals surface area contributed by atoms with E-state index >= 15 is 0 Å². The zero-order valence-electron chi connectivity index (χ0n) is 28.2. The summed E-state index contributed by atoms with van der Waals surface area (Å²) in [5.41, 5.74) is 5.55. The van der Waals surface area contributed by atoms with Gasteiger partial charge in [0, 0.05) is 77.7 Å². The van der Waals surface area contributed by atoms with Crippen LogP contribution in [0.3, 0.4) is 0 Å². The summed E-state index contributed by atoms with van der Waals surface area (Å²) < 4.78 is 15.3. The van der Waals surface area contributed by atoms with E-state index in [9.17, 15) is 25.4 Å². The van der Waals surface area contributed by atoms with Crippen molar-refractivity contribution in [3.05, 3.63) is 105 Å². The standard InChI is InChI=1S/C38H38BrClN6O6/c39-37-26(4-1-6-30(37)29-5-2-7-34-31(29)19-44-46(34)10-3-9-45-11-8-28(48)20-45)23-52-36-14-35(51-22-25-12-24(15-41)16-42-17-25)27(13-32(36)40)18-43-33(21-47)38(49)50/h1-2,4-7,12-14,16-17,19,28,33,43,47-48H,3,8-11,18,20-23H2,(H,49,50)/t28-,33+/m1/s1. The number of β-amino-alcohol motifs (C(OH)–C–C–N with tert-alkyl or cyclic N) is 1. The Kier molecular flexibility index (Phi) is 12.4. The summed E-state index contributed by atoms with van der Waals surface area (Å²) in [6, 6.07) is 18.0. The van der Waals surface area contributed by atoms with Crippen molar-refractivity contribution in [1.29, 1.82) is 5.26 Å². The van der Waals surface area contributed by atoms with E-state index in [4.69, 9.17) is 26.2 Å². The number of aliphatic hydroxyl groups is 2. The van der Waals surface area contributed by atoms with Gasteiger partial charge in [-0.25, -0.2) is 0 Å². The lowest BCUT2D eigenvalue weighted by Gasteiger charge is -2.18. The predicted octanol–water partition coefficient (Wildman–Crippen LogP) is 5.54. The number of hydrogen-bond acceptors (Lipinski definition) is 10. The number of nitriles is 1. The Morgan fingerprint density at radius 1 is 1.06 bits per heavy atom. The number of rotatable bonds is 16. The Hall–Kier alpha value is -4.55. The second-order valence-corrected chi connectivity index (χ2v) is 13.8. The highest BCUT2D eigenvalue weighted by atomic mass is 79.9. The number of carboxylic acids is 1. The molecule has 1 aliphatic rings. The van der Waals surface area contributed by atoms with Gasteiger partial charge in [-0.2, -0.15) is 10.4 Å². The first-order valence-electron chi connectivity index (χ1n) is 16.9. The number of nitrogens with zero attached hydrogens (tertiary/aromatic N) is 5. The normalized spacial score (nSPS) is 15.1. The van der Waals surface area contributed by atoms with Crippen molar-refractivity contribution in [1.82, 2.24) is 25.0 Å². The summed E-state index contributed by atoms with van der Waals surface area (Å²) in [5.74, 6) is -0.459. The molecular formula is C38H38BrClN6O6. The van der Waals surface area contributed by atoms with Crippen LogP contribution in [0.15, 0.2) is 77.7 Å². The molecule has 0 bridgehead atoms. The predicted molar refractivity (Wildman–Crippen MR) is 199 cm³/mol. The summed E-state index contributed by atoms with van der Waals surface area (Å²) in [4.78, 5) is 17.9. The molecule has 52 heavy (non-hydrogen) atoms. The molecule has 5 aromatic rings. The van der Waals surface area contributed by atoms with E-state index in [0.29, 0.717) is 33.2 Å². The first kappa shape index (κ1) is 37.2. The average molecular weight is 790 g/mol. The largest absolute Gasteiger partial charge is 0.488 e. The van der Waals surface area contributed by atoms with Crippen LogP contribution in [0.2, 0.25) is 5.02 Å². The van der Waals surface area contributed by atoms with Crippen LogP contribution in [0.25, 0.3) is 22.0 Å². The highest BCUT2D eigenvalue weighted by molar-refractivity contribution is 9.10. The van der Waals surface area contributed by atoms with E-state index in [1.807, 2.05) is 35.1 Å². The fourth-order valence-electron chi connectivity index (χ4n) is 6.24. The Morgan fingerprint density at radius 3 is 2.63 bits per heavy atom. The lowest BCUT2D eigenvalue weighted by atomic mass is 10.00. The Labute approximate surface area is 314 Å². The molecule has 0 radical (unpaired) electrons. The van der Waals surface area contributed by atoms with Crippen LogP contribution in [0.5, 0.6) is 11.5 Å². The Morgan fingerprint density at radius 2 is 1.87 bits per heavy atom. The van der Waals surface area contributed by atoms with Crippen molar-refractivity contribution in [2.24, 2.45) is 0 Å².